The maximum atomic E-state index is 12.8. The van der Waals surface area contributed by atoms with Gasteiger partial charge < -0.3 is 10.1 Å². The molecule has 0 aromatic heterocycles. The lowest BCUT2D eigenvalue weighted by atomic mass is 9.93. The molecule has 2 aromatic carbocycles. The number of benzene rings is 2. The molecule has 0 spiro atoms. The molecule has 170 valence electrons. The monoisotopic (exact) mass is 446 g/mol. The largest absolute Gasteiger partial charge is 0.496 e. The minimum atomic E-state index is -3.63. The molecule has 2 rings (SSSR count). The molecule has 31 heavy (non-hydrogen) atoms. The number of methoxy groups -OCH3 is 1. The van der Waals surface area contributed by atoms with Crippen molar-refractivity contribution in [1.82, 2.24) is 5.32 Å². The van der Waals surface area contributed by atoms with Crippen LogP contribution in [0, 0.1) is 20.8 Å². The van der Waals surface area contributed by atoms with Crippen LogP contribution in [0.2, 0.25) is 0 Å². The van der Waals surface area contributed by atoms with E-state index in [1.165, 1.54) is 0 Å². The van der Waals surface area contributed by atoms with Gasteiger partial charge in [0.1, 0.15) is 12.3 Å². The Bertz CT molecular complexity index is 1040. The van der Waals surface area contributed by atoms with Crippen molar-refractivity contribution in [2.45, 2.75) is 53.5 Å². The van der Waals surface area contributed by atoms with Gasteiger partial charge in [-0.15, -0.1) is 0 Å². The summed E-state index contributed by atoms with van der Waals surface area (Å²) in [5, 5.41) is 2.96. The predicted molar refractivity (Wildman–Crippen MR) is 126 cm³/mol. The molecule has 1 amide bonds. The van der Waals surface area contributed by atoms with Crippen LogP contribution in [0.25, 0.3) is 0 Å². The standard InChI is InChI=1S/C24H34N2O4S/c1-15(2)21-13-22(18(5)12-23(21)30-7)19(6)25-24(27)14-26(31(8,28)29)20-10-16(3)9-17(4)11-20/h9-13,15,19H,14H2,1-8H3,(H,25,27). The molecule has 2 aromatic rings. The van der Waals surface area contributed by atoms with Crippen LogP contribution < -0.4 is 14.4 Å². The van der Waals surface area contributed by atoms with Gasteiger partial charge in [-0.2, -0.15) is 0 Å². The van der Waals surface area contributed by atoms with Crippen LogP contribution in [0.5, 0.6) is 5.75 Å². The van der Waals surface area contributed by atoms with Crippen LogP contribution >= 0.6 is 0 Å². The van der Waals surface area contributed by atoms with E-state index in [2.05, 4.69) is 25.2 Å². The third-order valence-electron chi connectivity index (χ3n) is 5.27. The smallest absolute Gasteiger partial charge is 0.241 e. The van der Waals surface area contributed by atoms with Crippen molar-refractivity contribution in [3.8, 4) is 5.75 Å². The molecule has 0 aliphatic heterocycles. The van der Waals surface area contributed by atoms with Crippen LogP contribution in [-0.4, -0.2) is 34.2 Å². The number of hydrogen-bond donors (Lipinski definition) is 1. The number of amides is 1. The fraction of sp³-hybridized carbons (Fsp3) is 0.458. The van der Waals surface area contributed by atoms with Crippen molar-refractivity contribution >= 4 is 21.6 Å². The van der Waals surface area contributed by atoms with Crippen molar-refractivity contribution in [1.29, 1.82) is 0 Å². The van der Waals surface area contributed by atoms with Crippen molar-refractivity contribution in [2.75, 3.05) is 24.2 Å². The van der Waals surface area contributed by atoms with Crippen LogP contribution in [0.4, 0.5) is 5.69 Å². The number of carbonyl (C=O) groups is 1. The number of anilines is 1. The van der Waals surface area contributed by atoms with Crippen molar-refractivity contribution in [3.63, 3.8) is 0 Å². The van der Waals surface area contributed by atoms with Gasteiger partial charge in [0.05, 0.1) is 25.1 Å². The number of hydrogen-bond acceptors (Lipinski definition) is 4. The first-order valence-corrected chi connectivity index (χ1v) is 12.2. The van der Waals surface area contributed by atoms with E-state index in [4.69, 9.17) is 4.74 Å². The van der Waals surface area contributed by atoms with E-state index in [0.717, 1.165) is 44.1 Å². The highest BCUT2D eigenvalue weighted by molar-refractivity contribution is 7.92. The molecule has 6 nitrogen and oxygen atoms in total. The van der Waals surface area contributed by atoms with Crippen LogP contribution in [0.15, 0.2) is 30.3 Å². The maximum absolute atomic E-state index is 12.8. The number of nitrogens with one attached hydrogen (secondary N) is 1. The number of ether oxygens (including phenoxy) is 1. The highest BCUT2D eigenvalue weighted by atomic mass is 32.2. The Kier molecular flexibility index (Phi) is 7.76. The molecule has 0 saturated heterocycles. The zero-order chi connectivity index (χ0) is 23.5. The molecule has 0 aliphatic rings. The minimum Gasteiger partial charge on any atom is -0.496 e. The van der Waals surface area contributed by atoms with Crippen LogP contribution in [-0.2, 0) is 14.8 Å². The third-order valence-corrected chi connectivity index (χ3v) is 6.41. The summed E-state index contributed by atoms with van der Waals surface area (Å²) < 4.78 is 31.5. The van der Waals surface area contributed by atoms with Gasteiger partial charge in [-0.1, -0.05) is 19.9 Å². The van der Waals surface area contributed by atoms with Gasteiger partial charge in [0.15, 0.2) is 0 Å². The molecular formula is C24H34N2O4S. The van der Waals surface area contributed by atoms with Gasteiger partial charge >= 0.3 is 0 Å². The molecule has 0 fully saturated rings. The Morgan fingerprint density at radius 3 is 2.06 bits per heavy atom. The number of carbonyl (C=O) groups excluding carboxylic acids is 1. The van der Waals surface area contributed by atoms with Gasteiger partial charge in [-0.05, 0) is 85.7 Å². The summed E-state index contributed by atoms with van der Waals surface area (Å²) in [5.41, 5.74) is 5.42. The van der Waals surface area contributed by atoms with Crippen LogP contribution in [0.3, 0.4) is 0 Å². The lowest BCUT2D eigenvalue weighted by Gasteiger charge is -2.25. The number of sulfonamides is 1. The van der Waals surface area contributed by atoms with Crippen molar-refractivity contribution < 1.29 is 17.9 Å². The lowest BCUT2D eigenvalue weighted by Crippen LogP contribution is -2.41. The second kappa shape index (κ2) is 9.73. The summed E-state index contributed by atoms with van der Waals surface area (Å²) in [7, 11) is -1.98. The molecule has 0 heterocycles. The summed E-state index contributed by atoms with van der Waals surface area (Å²) in [6.45, 7) is 11.6. The highest BCUT2D eigenvalue weighted by Gasteiger charge is 2.23. The second-order valence-electron chi connectivity index (χ2n) is 8.51. The molecule has 0 radical (unpaired) electrons. The first-order chi connectivity index (χ1) is 14.3. The molecular weight excluding hydrogens is 412 g/mol. The number of aryl methyl sites for hydroxylation is 3. The molecule has 0 aliphatic carbocycles. The summed E-state index contributed by atoms with van der Waals surface area (Å²) >= 11 is 0. The first kappa shape index (κ1) is 24.7. The average molecular weight is 447 g/mol. The third kappa shape index (κ3) is 6.23. The first-order valence-electron chi connectivity index (χ1n) is 10.4. The normalized spacial score (nSPS) is 12.5. The Morgan fingerprint density at radius 1 is 1.00 bits per heavy atom. The highest BCUT2D eigenvalue weighted by Crippen LogP contribution is 2.32. The topological polar surface area (TPSA) is 75.7 Å². The maximum Gasteiger partial charge on any atom is 0.241 e. The van der Waals surface area contributed by atoms with E-state index in [9.17, 15) is 13.2 Å². The summed E-state index contributed by atoms with van der Waals surface area (Å²) in [5.74, 6) is 0.730. The fourth-order valence-corrected chi connectivity index (χ4v) is 4.64. The summed E-state index contributed by atoms with van der Waals surface area (Å²) in [6, 6.07) is 9.26. The van der Waals surface area contributed by atoms with E-state index >= 15 is 0 Å². The zero-order valence-corrected chi connectivity index (χ0v) is 20.6. The van der Waals surface area contributed by atoms with Crippen molar-refractivity contribution in [3.05, 3.63) is 58.1 Å². The van der Waals surface area contributed by atoms with Gasteiger partial charge in [-0.25, -0.2) is 8.42 Å². The Morgan fingerprint density at radius 2 is 1.58 bits per heavy atom. The predicted octanol–water partition coefficient (Wildman–Crippen LogP) is 4.39. The van der Waals surface area contributed by atoms with E-state index in [1.54, 1.807) is 19.2 Å². The molecule has 1 atom stereocenters. The Hall–Kier alpha value is -2.54. The van der Waals surface area contributed by atoms with Crippen LogP contribution in [0.1, 0.15) is 60.5 Å². The second-order valence-corrected chi connectivity index (χ2v) is 10.4. The molecule has 0 saturated carbocycles. The van der Waals surface area contributed by atoms with E-state index in [1.807, 2.05) is 39.8 Å². The quantitative estimate of drug-likeness (QED) is 0.653. The zero-order valence-electron chi connectivity index (χ0n) is 19.7. The lowest BCUT2D eigenvalue weighted by molar-refractivity contribution is -0.120. The van der Waals surface area contributed by atoms with Gasteiger partial charge in [0, 0.05) is 0 Å². The van der Waals surface area contributed by atoms with Gasteiger partial charge in [0.25, 0.3) is 0 Å². The Labute approximate surface area is 186 Å². The molecule has 1 unspecified atom stereocenters. The number of nitrogens with zero attached hydrogens (tertiary/aromatic N) is 1. The van der Waals surface area contributed by atoms with Crippen molar-refractivity contribution in [2.24, 2.45) is 0 Å². The molecule has 0 bridgehead atoms. The number of rotatable bonds is 8. The van der Waals surface area contributed by atoms with E-state index in [0.29, 0.717) is 5.69 Å². The fourth-order valence-electron chi connectivity index (χ4n) is 3.80. The Balaban J connectivity index is 2.28. The molecule has 7 heteroatoms. The van der Waals surface area contributed by atoms with Gasteiger partial charge in [-0.3, -0.25) is 9.10 Å². The molecule has 1 N–H and O–H groups in total. The van der Waals surface area contributed by atoms with Gasteiger partial charge in [0.2, 0.25) is 15.9 Å². The summed E-state index contributed by atoms with van der Waals surface area (Å²) in [4.78, 5) is 12.8. The minimum absolute atomic E-state index is 0.266. The SMILES string of the molecule is COc1cc(C)c(C(C)NC(=O)CN(c2cc(C)cc(C)c2)S(C)(=O)=O)cc1C(C)C. The van der Waals surface area contributed by atoms with E-state index < -0.39 is 10.0 Å². The average Bonchev–Trinajstić information content (AvgIpc) is 2.63. The van der Waals surface area contributed by atoms with E-state index in [-0.39, 0.29) is 24.4 Å². The summed E-state index contributed by atoms with van der Waals surface area (Å²) in [6.07, 6.45) is 1.11.